The summed E-state index contributed by atoms with van der Waals surface area (Å²) in [5.74, 6) is -4.36. The van der Waals surface area contributed by atoms with Gasteiger partial charge in [-0.1, -0.05) is 84.7 Å². The van der Waals surface area contributed by atoms with Gasteiger partial charge in [0.25, 0.3) is 11.8 Å². The monoisotopic (exact) mass is 749 g/mol. The van der Waals surface area contributed by atoms with Gasteiger partial charge in [-0.15, -0.1) is 0 Å². The first-order chi connectivity index (χ1) is 25.7. The van der Waals surface area contributed by atoms with Crippen LogP contribution in [0.1, 0.15) is 89.7 Å². The first kappa shape index (κ1) is 42.0. The number of hydrogen-bond acceptors (Lipinski definition) is 10. The van der Waals surface area contributed by atoms with Crippen molar-refractivity contribution in [1.29, 1.82) is 0 Å². The minimum atomic E-state index is -1.16. The number of aromatic nitrogens is 2. The number of carbonyl (C=O) groups excluding carboxylic acids is 6. The van der Waals surface area contributed by atoms with Crippen LogP contribution in [0, 0.1) is 23.2 Å². The minimum Gasteiger partial charge on any atom is -0.344 e. The second-order valence-corrected chi connectivity index (χ2v) is 15.8. The van der Waals surface area contributed by atoms with Crippen LogP contribution in [0.5, 0.6) is 0 Å². The van der Waals surface area contributed by atoms with Crippen LogP contribution in [0.3, 0.4) is 0 Å². The summed E-state index contributed by atoms with van der Waals surface area (Å²) in [4.78, 5) is 96.1. The SMILES string of the molecule is CCCC(NC(=O)[C@@H]1[C@H]2CCC[C@H]2CN1C(=O)[C@@H](NC(=O)[C@H](NC(=O)c1cnccn1)C(C)C)C(C)(C)C)C(=O)C(=O)N[C@@H](COO)Cc1ccccc1. The Labute approximate surface area is 316 Å². The van der Waals surface area contributed by atoms with Crippen LogP contribution in [0.15, 0.2) is 48.9 Å². The van der Waals surface area contributed by atoms with Gasteiger partial charge >= 0.3 is 0 Å². The minimum absolute atomic E-state index is 0.0420. The number of amides is 5. The van der Waals surface area contributed by atoms with Crippen LogP contribution in [0.4, 0.5) is 0 Å². The van der Waals surface area contributed by atoms with E-state index < -0.39 is 70.9 Å². The first-order valence-electron chi connectivity index (χ1n) is 18.8. The van der Waals surface area contributed by atoms with Crippen molar-refractivity contribution in [2.45, 2.75) is 110 Å². The molecule has 1 unspecified atom stereocenters. The predicted octanol–water partition coefficient (Wildman–Crippen LogP) is 2.46. The highest BCUT2D eigenvalue weighted by Crippen LogP contribution is 2.43. The van der Waals surface area contributed by atoms with Crippen LogP contribution < -0.4 is 21.3 Å². The number of fused-ring (bicyclic) bond motifs is 1. The van der Waals surface area contributed by atoms with E-state index in [1.54, 1.807) is 13.8 Å². The molecule has 5 amide bonds. The third-order valence-electron chi connectivity index (χ3n) is 10.2. The first-order valence-corrected chi connectivity index (χ1v) is 18.8. The molecule has 1 aromatic heterocycles. The molecule has 0 bridgehead atoms. The van der Waals surface area contributed by atoms with E-state index >= 15 is 0 Å². The molecule has 15 nitrogen and oxygen atoms in total. The Bertz CT molecular complexity index is 1620. The van der Waals surface area contributed by atoms with E-state index in [1.807, 2.05) is 58.0 Å². The van der Waals surface area contributed by atoms with Crippen LogP contribution in [0.25, 0.3) is 0 Å². The molecule has 1 saturated heterocycles. The molecule has 1 aliphatic carbocycles. The Morgan fingerprint density at radius 3 is 2.31 bits per heavy atom. The number of ketones is 1. The second-order valence-electron chi connectivity index (χ2n) is 15.8. The van der Waals surface area contributed by atoms with Crippen LogP contribution in [-0.2, 0) is 35.3 Å². The fourth-order valence-corrected chi connectivity index (χ4v) is 7.45. The topological polar surface area (TPSA) is 209 Å². The van der Waals surface area contributed by atoms with Crippen molar-refractivity contribution in [2.75, 3.05) is 13.2 Å². The summed E-state index contributed by atoms with van der Waals surface area (Å²) in [5.41, 5.74) is 0.106. The van der Waals surface area contributed by atoms with E-state index in [0.29, 0.717) is 25.8 Å². The van der Waals surface area contributed by atoms with Gasteiger partial charge in [0.15, 0.2) is 0 Å². The Balaban J connectivity index is 1.52. The molecule has 5 N–H and O–H groups in total. The van der Waals surface area contributed by atoms with Gasteiger partial charge in [0, 0.05) is 18.9 Å². The van der Waals surface area contributed by atoms with E-state index in [4.69, 9.17) is 5.26 Å². The maximum Gasteiger partial charge on any atom is 0.289 e. The quantitative estimate of drug-likeness (QED) is 0.0907. The van der Waals surface area contributed by atoms with Gasteiger partial charge in [0.2, 0.25) is 23.5 Å². The summed E-state index contributed by atoms with van der Waals surface area (Å²) in [6.45, 7) is 10.9. The van der Waals surface area contributed by atoms with Gasteiger partial charge in [0.1, 0.15) is 30.4 Å². The number of hydrogen-bond donors (Lipinski definition) is 5. The Kier molecular flexibility index (Phi) is 14.8. The molecule has 294 valence electrons. The fourth-order valence-electron chi connectivity index (χ4n) is 7.45. The predicted molar refractivity (Wildman–Crippen MR) is 198 cm³/mol. The average molecular weight is 750 g/mol. The van der Waals surface area contributed by atoms with Gasteiger partial charge < -0.3 is 26.2 Å². The summed E-state index contributed by atoms with van der Waals surface area (Å²) in [5, 5.41) is 20.2. The lowest BCUT2D eigenvalue weighted by Gasteiger charge is -2.37. The Hall–Kier alpha value is -4.76. The lowest BCUT2D eigenvalue weighted by Crippen LogP contribution is -2.62. The highest BCUT2D eigenvalue weighted by atomic mass is 17.1. The summed E-state index contributed by atoms with van der Waals surface area (Å²) in [6, 6.07) is 4.35. The molecule has 2 aliphatic rings. The van der Waals surface area contributed by atoms with E-state index in [1.165, 1.54) is 23.5 Å². The summed E-state index contributed by atoms with van der Waals surface area (Å²) < 4.78 is 0. The Morgan fingerprint density at radius 1 is 0.981 bits per heavy atom. The highest BCUT2D eigenvalue weighted by molar-refractivity contribution is 6.38. The van der Waals surface area contributed by atoms with E-state index in [2.05, 4.69) is 36.1 Å². The number of rotatable bonds is 17. The van der Waals surface area contributed by atoms with Crippen molar-refractivity contribution in [3.05, 3.63) is 60.2 Å². The van der Waals surface area contributed by atoms with Gasteiger partial charge in [-0.3, -0.25) is 39.0 Å². The standard InChI is InChI=1S/C39H55N7O8/c1-7-12-28(32(47)37(51)42-26(22-54-53)19-24-13-9-8-10-14-24)43-36(50)31-27-16-11-15-25(27)21-46(31)38(52)33(39(4,5)6)45-35(49)30(23(2)3)44-34(48)29-20-40-17-18-41-29/h8-10,13-14,17-18,20,23,25-28,30-31,33,53H,7,11-12,15-16,19,21-22H2,1-6H3,(H,42,51)(H,43,50)(H,44,48)(H,45,49)/t25-,26+,27-,28?,30+,31-,33+/m0/s1. The zero-order valence-corrected chi connectivity index (χ0v) is 32.0. The van der Waals surface area contributed by atoms with Crippen molar-refractivity contribution in [2.24, 2.45) is 23.2 Å². The number of nitrogens with zero attached hydrogens (tertiary/aromatic N) is 3. The number of nitrogens with one attached hydrogen (secondary N) is 4. The molecule has 1 aliphatic heterocycles. The lowest BCUT2D eigenvalue weighted by molar-refractivity contribution is -0.246. The number of benzene rings is 1. The molecule has 2 aromatic rings. The maximum absolute atomic E-state index is 14.6. The van der Waals surface area contributed by atoms with Gasteiger partial charge in [0.05, 0.1) is 18.3 Å². The second kappa shape index (κ2) is 19.0. The van der Waals surface area contributed by atoms with Crippen molar-refractivity contribution in [3.8, 4) is 0 Å². The molecule has 7 atom stereocenters. The van der Waals surface area contributed by atoms with E-state index in [-0.39, 0.29) is 36.5 Å². The lowest BCUT2D eigenvalue weighted by atomic mass is 9.85. The molecule has 54 heavy (non-hydrogen) atoms. The summed E-state index contributed by atoms with van der Waals surface area (Å²) in [7, 11) is 0. The van der Waals surface area contributed by atoms with Gasteiger partial charge in [-0.25, -0.2) is 9.87 Å². The molecule has 2 fully saturated rings. The summed E-state index contributed by atoms with van der Waals surface area (Å²) >= 11 is 0. The summed E-state index contributed by atoms with van der Waals surface area (Å²) in [6.07, 6.45) is 7.48. The third-order valence-corrected chi connectivity index (χ3v) is 10.2. The van der Waals surface area contributed by atoms with Gasteiger partial charge in [-0.2, -0.15) is 0 Å². The molecule has 15 heteroatoms. The Morgan fingerprint density at radius 2 is 1.70 bits per heavy atom. The number of Topliss-reactive ketones (excluding diaryl/α,β-unsaturated/α-hetero) is 1. The number of carbonyl (C=O) groups is 6. The normalized spacial score (nSPS) is 20.3. The number of likely N-dealkylation sites (tertiary alicyclic amines) is 1. The zero-order chi connectivity index (χ0) is 39.6. The van der Waals surface area contributed by atoms with Crippen molar-refractivity contribution >= 4 is 35.3 Å². The molecule has 4 rings (SSSR count). The molecule has 1 saturated carbocycles. The van der Waals surface area contributed by atoms with E-state index in [0.717, 1.165) is 18.4 Å². The largest absolute Gasteiger partial charge is 0.344 e. The van der Waals surface area contributed by atoms with E-state index in [9.17, 15) is 28.8 Å². The smallest absolute Gasteiger partial charge is 0.289 e. The molecular formula is C39H55N7O8. The zero-order valence-electron chi connectivity index (χ0n) is 32.0. The maximum atomic E-state index is 14.6. The van der Waals surface area contributed by atoms with Crippen LogP contribution >= 0.6 is 0 Å². The average Bonchev–Trinajstić information content (AvgIpc) is 3.74. The van der Waals surface area contributed by atoms with Crippen molar-refractivity contribution < 1.29 is 38.9 Å². The highest BCUT2D eigenvalue weighted by Gasteiger charge is 2.52. The molecule has 1 aromatic carbocycles. The van der Waals surface area contributed by atoms with Crippen LogP contribution in [0.2, 0.25) is 0 Å². The van der Waals surface area contributed by atoms with Crippen molar-refractivity contribution in [1.82, 2.24) is 36.1 Å². The van der Waals surface area contributed by atoms with Gasteiger partial charge in [-0.05, 0) is 54.4 Å². The molecule has 0 radical (unpaired) electrons. The third kappa shape index (κ3) is 10.7. The molecule has 0 spiro atoms. The fraction of sp³-hybridized carbons (Fsp3) is 0.590. The molecule has 2 heterocycles. The van der Waals surface area contributed by atoms with Crippen molar-refractivity contribution in [3.63, 3.8) is 0 Å². The van der Waals surface area contributed by atoms with Crippen LogP contribution in [-0.4, -0.2) is 98.8 Å². The molecular weight excluding hydrogens is 694 g/mol.